The van der Waals surface area contributed by atoms with Gasteiger partial charge in [-0.3, -0.25) is 9.59 Å². The third-order valence-corrected chi connectivity index (χ3v) is 2.68. The molecule has 1 aromatic carbocycles. The van der Waals surface area contributed by atoms with Crippen LogP contribution in [0, 0.1) is 6.92 Å². The number of halogens is 1. The van der Waals surface area contributed by atoms with Gasteiger partial charge in [-0.05, 0) is 12.5 Å². The molecule has 0 bridgehead atoms. The van der Waals surface area contributed by atoms with Gasteiger partial charge < -0.3 is 15.3 Å². The van der Waals surface area contributed by atoms with Crippen molar-refractivity contribution in [1.82, 2.24) is 0 Å². The third kappa shape index (κ3) is 1.94. The molecule has 0 aliphatic heterocycles. The van der Waals surface area contributed by atoms with Crippen LogP contribution in [-0.2, 0) is 11.2 Å². The Morgan fingerprint density at radius 3 is 2.38 bits per heavy atom. The highest BCUT2D eigenvalue weighted by molar-refractivity contribution is 6.33. The monoisotopic (exact) mass is 244 g/mol. The van der Waals surface area contributed by atoms with E-state index in [1.165, 1.54) is 6.92 Å². The maximum atomic E-state index is 10.7. The van der Waals surface area contributed by atoms with E-state index in [-0.39, 0.29) is 21.7 Å². The van der Waals surface area contributed by atoms with E-state index in [1.54, 1.807) is 0 Å². The molecule has 0 radical (unpaired) electrons. The van der Waals surface area contributed by atoms with Crippen molar-refractivity contribution >= 4 is 23.9 Å². The number of hydrogen-bond donors (Lipinski definition) is 3. The molecule has 0 saturated carbocycles. The predicted octanol–water partition coefficient (Wildman–Crippen LogP) is 1.50. The van der Waals surface area contributed by atoms with Gasteiger partial charge in [0, 0.05) is 5.56 Å². The van der Waals surface area contributed by atoms with Crippen molar-refractivity contribution in [2.24, 2.45) is 0 Å². The number of benzene rings is 1. The van der Waals surface area contributed by atoms with E-state index in [9.17, 15) is 19.8 Å². The molecule has 86 valence electrons. The summed E-state index contributed by atoms with van der Waals surface area (Å²) in [7, 11) is 0. The second-order valence-electron chi connectivity index (χ2n) is 3.22. The molecule has 0 atom stereocenters. The largest absolute Gasteiger partial charge is 0.507 e. The van der Waals surface area contributed by atoms with E-state index in [1.807, 2.05) is 0 Å². The average Bonchev–Trinajstić information content (AvgIpc) is 2.22. The first-order valence-corrected chi connectivity index (χ1v) is 4.67. The Labute approximate surface area is 95.9 Å². The molecule has 5 nitrogen and oxygen atoms in total. The SMILES string of the molecule is Cc1c(Cl)c(O)c(CC(=O)O)c(O)c1C=O. The normalized spacial score (nSPS) is 10.1. The van der Waals surface area contributed by atoms with Crippen LogP contribution in [0.3, 0.4) is 0 Å². The quantitative estimate of drug-likeness (QED) is 0.701. The highest BCUT2D eigenvalue weighted by atomic mass is 35.5. The van der Waals surface area contributed by atoms with Crippen LogP contribution in [0.5, 0.6) is 11.5 Å². The first kappa shape index (κ1) is 12.3. The topological polar surface area (TPSA) is 94.8 Å². The zero-order valence-electron chi connectivity index (χ0n) is 8.32. The molecule has 0 spiro atoms. The molecule has 0 aliphatic rings. The van der Waals surface area contributed by atoms with Crippen molar-refractivity contribution in [1.29, 1.82) is 0 Å². The number of rotatable bonds is 3. The molecule has 16 heavy (non-hydrogen) atoms. The fraction of sp³-hybridized carbons (Fsp3) is 0.200. The zero-order chi connectivity index (χ0) is 12.5. The van der Waals surface area contributed by atoms with Crippen molar-refractivity contribution < 1.29 is 24.9 Å². The number of phenolic OH excluding ortho intramolecular Hbond substituents is 2. The lowest BCUT2D eigenvalue weighted by Crippen LogP contribution is -2.03. The van der Waals surface area contributed by atoms with Gasteiger partial charge in [0.25, 0.3) is 0 Å². The first-order chi connectivity index (χ1) is 7.40. The number of carbonyl (C=O) groups excluding carboxylic acids is 1. The molecule has 0 fully saturated rings. The number of carbonyl (C=O) groups is 2. The third-order valence-electron chi connectivity index (χ3n) is 2.21. The Morgan fingerprint density at radius 1 is 1.38 bits per heavy atom. The lowest BCUT2D eigenvalue weighted by atomic mass is 10.0. The van der Waals surface area contributed by atoms with E-state index in [4.69, 9.17) is 16.7 Å². The van der Waals surface area contributed by atoms with Gasteiger partial charge in [0.2, 0.25) is 0 Å². The van der Waals surface area contributed by atoms with Gasteiger partial charge in [-0.1, -0.05) is 11.6 Å². The number of aliphatic carboxylic acids is 1. The fourth-order valence-electron chi connectivity index (χ4n) is 1.34. The Kier molecular flexibility index (Phi) is 3.39. The summed E-state index contributed by atoms with van der Waals surface area (Å²) in [6.45, 7) is 1.44. The standard InChI is InChI=1S/C10H9ClO5/c1-4-6(3-12)9(15)5(2-7(13)14)10(16)8(4)11/h3,15-16H,2H2,1H3,(H,13,14). The zero-order valence-corrected chi connectivity index (χ0v) is 9.08. The van der Waals surface area contributed by atoms with Crippen LogP contribution in [-0.4, -0.2) is 27.6 Å². The van der Waals surface area contributed by atoms with Crippen molar-refractivity contribution in [2.45, 2.75) is 13.3 Å². The van der Waals surface area contributed by atoms with Gasteiger partial charge in [-0.2, -0.15) is 0 Å². The van der Waals surface area contributed by atoms with Crippen molar-refractivity contribution in [2.75, 3.05) is 0 Å². The van der Waals surface area contributed by atoms with Crippen LogP contribution in [0.4, 0.5) is 0 Å². The van der Waals surface area contributed by atoms with Crippen molar-refractivity contribution in [3.8, 4) is 11.5 Å². The first-order valence-electron chi connectivity index (χ1n) is 4.30. The number of hydrogen-bond acceptors (Lipinski definition) is 4. The van der Waals surface area contributed by atoms with Gasteiger partial charge >= 0.3 is 5.97 Å². The van der Waals surface area contributed by atoms with E-state index in [2.05, 4.69) is 0 Å². The van der Waals surface area contributed by atoms with Crippen LogP contribution in [0.2, 0.25) is 5.02 Å². The molecular weight excluding hydrogens is 236 g/mol. The highest BCUT2D eigenvalue weighted by Gasteiger charge is 2.21. The molecular formula is C10H9ClO5. The van der Waals surface area contributed by atoms with E-state index >= 15 is 0 Å². The highest BCUT2D eigenvalue weighted by Crippen LogP contribution is 2.40. The summed E-state index contributed by atoms with van der Waals surface area (Å²) >= 11 is 5.71. The molecule has 0 unspecified atom stereocenters. The van der Waals surface area contributed by atoms with E-state index in [0.29, 0.717) is 6.29 Å². The minimum absolute atomic E-state index is 0.112. The Bertz CT molecular complexity index is 467. The molecule has 3 N–H and O–H groups in total. The van der Waals surface area contributed by atoms with Crippen LogP contribution < -0.4 is 0 Å². The minimum atomic E-state index is -1.25. The number of carboxylic acids is 1. The lowest BCUT2D eigenvalue weighted by Gasteiger charge is -2.12. The summed E-state index contributed by atoms with van der Waals surface area (Å²) < 4.78 is 0. The van der Waals surface area contributed by atoms with Crippen LogP contribution in [0.25, 0.3) is 0 Å². The maximum absolute atomic E-state index is 10.7. The molecule has 1 aromatic rings. The molecule has 0 heterocycles. The summed E-state index contributed by atoms with van der Waals surface area (Å²) in [6, 6.07) is 0. The number of aromatic hydroxyl groups is 2. The molecule has 0 aliphatic carbocycles. The van der Waals surface area contributed by atoms with Gasteiger partial charge in [0.05, 0.1) is 17.0 Å². The van der Waals surface area contributed by atoms with Crippen molar-refractivity contribution in [3.05, 3.63) is 21.7 Å². The summed E-state index contributed by atoms with van der Waals surface area (Å²) in [4.78, 5) is 21.2. The fourth-order valence-corrected chi connectivity index (χ4v) is 1.56. The summed E-state index contributed by atoms with van der Waals surface area (Å²) in [5.74, 6) is -2.30. The molecule has 1 rings (SSSR count). The summed E-state index contributed by atoms with van der Waals surface area (Å²) in [5.41, 5.74) is -0.162. The predicted molar refractivity (Wildman–Crippen MR) is 56.2 cm³/mol. The second-order valence-corrected chi connectivity index (χ2v) is 3.59. The van der Waals surface area contributed by atoms with Crippen LogP contribution in [0.1, 0.15) is 21.5 Å². The number of carboxylic acid groups (broad SMARTS) is 1. The van der Waals surface area contributed by atoms with Gasteiger partial charge in [-0.25, -0.2) is 0 Å². The number of phenols is 2. The van der Waals surface area contributed by atoms with E-state index < -0.39 is 23.9 Å². The number of aldehydes is 1. The van der Waals surface area contributed by atoms with Gasteiger partial charge in [0.15, 0.2) is 6.29 Å². The lowest BCUT2D eigenvalue weighted by molar-refractivity contribution is -0.136. The summed E-state index contributed by atoms with van der Waals surface area (Å²) in [6.07, 6.45) is -0.250. The van der Waals surface area contributed by atoms with E-state index in [0.717, 1.165) is 0 Å². The van der Waals surface area contributed by atoms with Crippen molar-refractivity contribution in [3.63, 3.8) is 0 Å². The molecule has 0 saturated heterocycles. The molecule has 6 heteroatoms. The minimum Gasteiger partial charge on any atom is -0.507 e. The maximum Gasteiger partial charge on any atom is 0.308 e. The van der Waals surface area contributed by atoms with Crippen LogP contribution in [0.15, 0.2) is 0 Å². The smallest absolute Gasteiger partial charge is 0.308 e. The molecule has 0 amide bonds. The average molecular weight is 245 g/mol. The van der Waals surface area contributed by atoms with Crippen LogP contribution >= 0.6 is 11.6 Å². The summed E-state index contributed by atoms with van der Waals surface area (Å²) in [5, 5.41) is 27.6. The Hall–Kier alpha value is -1.75. The Morgan fingerprint density at radius 2 is 1.94 bits per heavy atom. The second kappa shape index (κ2) is 4.40. The van der Waals surface area contributed by atoms with Gasteiger partial charge in [-0.15, -0.1) is 0 Å². The molecule has 0 aromatic heterocycles. The Balaban J connectivity index is 3.54. The van der Waals surface area contributed by atoms with Gasteiger partial charge in [0.1, 0.15) is 11.5 Å².